The van der Waals surface area contributed by atoms with E-state index in [1.807, 2.05) is 42.5 Å². The summed E-state index contributed by atoms with van der Waals surface area (Å²) in [6.45, 7) is 5.32. The molecule has 1 saturated heterocycles. The van der Waals surface area contributed by atoms with Gasteiger partial charge in [0.05, 0.1) is 22.8 Å². The molecule has 0 aliphatic carbocycles. The topological polar surface area (TPSA) is 90.0 Å². The van der Waals surface area contributed by atoms with E-state index in [9.17, 15) is 4.79 Å². The Labute approximate surface area is 206 Å². The van der Waals surface area contributed by atoms with Crippen LogP contribution < -0.4 is 5.32 Å². The van der Waals surface area contributed by atoms with E-state index in [1.54, 1.807) is 6.07 Å². The Kier molecular flexibility index (Phi) is 5.73. The number of benzene rings is 3. The predicted molar refractivity (Wildman–Crippen MR) is 140 cm³/mol. The number of hydrogen-bond donors (Lipinski definition) is 2. The van der Waals surface area contributed by atoms with Gasteiger partial charge in [-0.1, -0.05) is 12.1 Å². The van der Waals surface area contributed by atoms with Crippen molar-refractivity contribution in [3.63, 3.8) is 0 Å². The van der Waals surface area contributed by atoms with Crippen LogP contribution in [0.25, 0.3) is 33.5 Å². The fourth-order valence-electron chi connectivity index (χ4n) is 4.38. The maximum Gasteiger partial charge on any atom is 0.255 e. The lowest BCUT2D eigenvalue weighted by atomic mass is 10.1. The van der Waals surface area contributed by atoms with Crippen molar-refractivity contribution < 1.29 is 4.79 Å². The molecule has 5 aromatic rings. The van der Waals surface area contributed by atoms with Crippen LogP contribution in [-0.2, 0) is 6.54 Å². The SMILES string of the molecule is CN1CCN(Cc2ccc(NC(=O)c3ccc4nc(-c5ccc6nsnc6c5)[nH]c4c3)cc2)CC1. The molecule has 2 N–H and O–H groups in total. The fourth-order valence-corrected chi connectivity index (χ4v) is 4.90. The number of piperazine rings is 1. The number of fused-ring (bicyclic) bond motifs is 2. The summed E-state index contributed by atoms with van der Waals surface area (Å²) in [6, 6.07) is 19.5. The average molecular weight is 484 g/mol. The number of carbonyl (C=O) groups is 1. The molecule has 8 nitrogen and oxygen atoms in total. The molecule has 2 aromatic heterocycles. The largest absolute Gasteiger partial charge is 0.338 e. The van der Waals surface area contributed by atoms with Gasteiger partial charge in [-0.2, -0.15) is 8.75 Å². The number of rotatable bonds is 5. The van der Waals surface area contributed by atoms with E-state index >= 15 is 0 Å². The first-order valence-corrected chi connectivity index (χ1v) is 12.4. The summed E-state index contributed by atoms with van der Waals surface area (Å²) >= 11 is 1.20. The van der Waals surface area contributed by atoms with E-state index in [-0.39, 0.29) is 5.91 Å². The minimum Gasteiger partial charge on any atom is -0.338 e. The summed E-state index contributed by atoms with van der Waals surface area (Å²) in [5.41, 5.74) is 6.90. The number of aromatic amines is 1. The van der Waals surface area contributed by atoms with Gasteiger partial charge >= 0.3 is 0 Å². The third kappa shape index (κ3) is 4.66. The summed E-state index contributed by atoms with van der Waals surface area (Å²) < 4.78 is 8.55. The molecule has 176 valence electrons. The van der Waals surface area contributed by atoms with Crippen LogP contribution >= 0.6 is 11.7 Å². The van der Waals surface area contributed by atoms with Crippen molar-refractivity contribution in [2.75, 3.05) is 38.5 Å². The molecule has 3 heterocycles. The van der Waals surface area contributed by atoms with Crippen LogP contribution in [0.2, 0.25) is 0 Å². The maximum atomic E-state index is 12.9. The highest BCUT2D eigenvalue weighted by Crippen LogP contribution is 2.25. The van der Waals surface area contributed by atoms with Crippen molar-refractivity contribution in [1.29, 1.82) is 0 Å². The minimum absolute atomic E-state index is 0.148. The number of likely N-dealkylation sites (N-methyl/N-ethyl adjacent to an activating group) is 1. The van der Waals surface area contributed by atoms with Gasteiger partial charge in [-0.15, -0.1) is 0 Å². The van der Waals surface area contributed by atoms with Crippen molar-refractivity contribution in [2.45, 2.75) is 6.54 Å². The molecule has 6 rings (SSSR count). The van der Waals surface area contributed by atoms with E-state index in [4.69, 9.17) is 0 Å². The van der Waals surface area contributed by atoms with Gasteiger partial charge in [0.1, 0.15) is 16.9 Å². The molecule has 1 amide bonds. The van der Waals surface area contributed by atoms with Crippen LogP contribution in [0.1, 0.15) is 15.9 Å². The molecule has 0 spiro atoms. The summed E-state index contributed by atoms with van der Waals surface area (Å²) in [5, 5.41) is 3.01. The summed E-state index contributed by atoms with van der Waals surface area (Å²) in [6.07, 6.45) is 0. The Morgan fingerprint density at radius 1 is 0.943 bits per heavy atom. The van der Waals surface area contributed by atoms with E-state index < -0.39 is 0 Å². The molecule has 0 radical (unpaired) electrons. The third-order valence-electron chi connectivity index (χ3n) is 6.49. The maximum absolute atomic E-state index is 12.9. The Balaban J connectivity index is 1.14. The molecule has 9 heteroatoms. The molecule has 3 aromatic carbocycles. The van der Waals surface area contributed by atoms with Gasteiger partial charge in [0.25, 0.3) is 5.91 Å². The Morgan fingerprint density at radius 2 is 1.71 bits per heavy atom. The van der Waals surface area contributed by atoms with Gasteiger partial charge < -0.3 is 15.2 Å². The molecular weight excluding hydrogens is 458 g/mol. The zero-order valence-corrected chi connectivity index (χ0v) is 20.2. The molecule has 0 unspecified atom stereocenters. The lowest BCUT2D eigenvalue weighted by Gasteiger charge is -2.32. The van der Waals surface area contributed by atoms with Crippen molar-refractivity contribution >= 4 is 45.4 Å². The second kappa shape index (κ2) is 9.18. The molecule has 1 aliphatic rings. The number of anilines is 1. The number of nitrogens with zero attached hydrogens (tertiary/aromatic N) is 5. The first kappa shape index (κ1) is 21.8. The van der Waals surface area contributed by atoms with Crippen LogP contribution in [-0.4, -0.2) is 67.6 Å². The van der Waals surface area contributed by atoms with Crippen LogP contribution in [0.5, 0.6) is 0 Å². The minimum atomic E-state index is -0.148. The normalized spacial score (nSPS) is 15.1. The fraction of sp³-hybridized carbons (Fsp3) is 0.231. The van der Waals surface area contributed by atoms with Crippen molar-refractivity contribution in [2.24, 2.45) is 0 Å². The van der Waals surface area contributed by atoms with Crippen LogP contribution in [0.4, 0.5) is 5.69 Å². The first-order valence-electron chi connectivity index (χ1n) is 11.6. The summed E-state index contributed by atoms with van der Waals surface area (Å²) in [4.78, 5) is 25.7. The Hall–Kier alpha value is -3.66. The molecule has 0 saturated carbocycles. The number of aromatic nitrogens is 4. The average Bonchev–Trinajstić information content (AvgIpc) is 3.52. The first-order chi connectivity index (χ1) is 17.1. The van der Waals surface area contributed by atoms with Crippen LogP contribution in [0.15, 0.2) is 60.7 Å². The van der Waals surface area contributed by atoms with Gasteiger partial charge in [0, 0.05) is 49.5 Å². The lowest BCUT2D eigenvalue weighted by Crippen LogP contribution is -2.43. The highest BCUT2D eigenvalue weighted by Gasteiger charge is 2.14. The van der Waals surface area contributed by atoms with Gasteiger partial charge in [-0.25, -0.2) is 4.98 Å². The van der Waals surface area contributed by atoms with E-state index in [1.165, 1.54) is 17.3 Å². The van der Waals surface area contributed by atoms with Gasteiger partial charge in [0.15, 0.2) is 0 Å². The molecule has 0 bridgehead atoms. The smallest absolute Gasteiger partial charge is 0.255 e. The van der Waals surface area contributed by atoms with Crippen LogP contribution in [0.3, 0.4) is 0 Å². The van der Waals surface area contributed by atoms with Crippen molar-refractivity contribution in [3.05, 3.63) is 71.8 Å². The second-order valence-corrected chi connectivity index (χ2v) is 9.54. The van der Waals surface area contributed by atoms with Crippen LogP contribution in [0, 0.1) is 0 Å². The van der Waals surface area contributed by atoms with Gasteiger partial charge in [-0.3, -0.25) is 9.69 Å². The monoisotopic (exact) mass is 483 g/mol. The van der Waals surface area contributed by atoms with E-state index in [2.05, 4.69) is 53.0 Å². The molecule has 0 atom stereocenters. The summed E-state index contributed by atoms with van der Waals surface area (Å²) in [5.74, 6) is 0.591. The summed E-state index contributed by atoms with van der Waals surface area (Å²) in [7, 11) is 2.17. The zero-order valence-electron chi connectivity index (χ0n) is 19.4. The number of H-pyrrole nitrogens is 1. The zero-order chi connectivity index (χ0) is 23.8. The quantitative estimate of drug-likeness (QED) is 0.389. The van der Waals surface area contributed by atoms with Gasteiger partial charge in [-0.05, 0) is 61.1 Å². The third-order valence-corrected chi connectivity index (χ3v) is 7.04. The van der Waals surface area contributed by atoms with Crippen molar-refractivity contribution in [3.8, 4) is 11.4 Å². The van der Waals surface area contributed by atoms with Crippen molar-refractivity contribution in [1.82, 2.24) is 28.5 Å². The standard InChI is InChI=1S/C26H25N7OS/c1-32-10-12-33(13-11-32)16-17-2-6-20(7-3-17)27-26(34)19-5-8-21-23(15-19)29-25(28-21)18-4-9-22-24(14-18)31-35-30-22/h2-9,14-15H,10-13,16H2,1H3,(H,27,34)(H,28,29). The number of amides is 1. The van der Waals surface area contributed by atoms with E-state index in [0.717, 1.165) is 71.9 Å². The predicted octanol–water partition coefficient (Wildman–Crippen LogP) is 4.23. The molecule has 1 aliphatic heterocycles. The number of hydrogen-bond acceptors (Lipinski definition) is 7. The highest BCUT2D eigenvalue weighted by molar-refractivity contribution is 7.00. The lowest BCUT2D eigenvalue weighted by molar-refractivity contribution is 0.102. The number of imidazole rings is 1. The second-order valence-electron chi connectivity index (χ2n) is 9.02. The number of carbonyl (C=O) groups excluding carboxylic acids is 1. The van der Waals surface area contributed by atoms with E-state index in [0.29, 0.717) is 5.56 Å². The highest BCUT2D eigenvalue weighted by atomic mass is 32.1. The molecule has 1 fully saturated rings. The molecular formula is C26H25N7OS. The number of nitrogens with one attached hydrogen (secondary N) is 2. The Morgan fingerprint density at radius 3 is 2.54 bits per heavy atom. The van der Waals surface area contributed by atoms with Gasteiger partial charge in [0.2, 0.25) is 0 Å². The Bertz CT molecular complexity index is 1500. The molecule has 35 heavy (non-hydrogen) atoms.